The van der Waals surface area contributed by atoms with Crippen LogP contribution >= 0.6 is 11.6 Å². The van der Waals surface area contributed by atoms with Gasteiger partial charge >= 0.3 is 5.69 Å². The van der Waals surface area contributed by atoms with Crippen molar-refractivity contribution >= 4 is 23.1 Å². The van der Waals surface area contributed by atoms with Gasteiger partial charge in [0.15, 0.2) is 0 Å². The molecule has 1 aromatic carbocycles. The fraction of sp³-hybridized carbons (Fsp3) is 0.214. The van der Waals surface area contributed by atoms with Crippen molar-refractivity contribution in [2.24, 2.45) is 0 Å². The van der Waals surface area contributed by atoms with E-state index < -0.39 is 4.92 Å². The molecular formula is C14H12ClN3O2. The Hall–Kier alpha value is -2.14. The van der Waals surface area contributed by atoms with Crippen molar-refractivity contribution in [1.29, 1.82) is 0 Å². The Balaban J connectivity index is 1.74. The van der Waals surface area contributed by atoms with Crippen molar-refractivity contribution < 1.29 is 4.92 Å². The lowest BCUT2D eigenvalue weighted by molar-refractivity contribution is -0.384. The lowest BCUT2D eigenvalue weighted by Crippen LogP contribution is -2.24. The number of fused-ring (bicyclic) bond motifs is 1. The highest BCUT2D eigenvalue weighted by Gasteiger charge is 2.26. The van der Waals surface area contributed by atoms with E-state index in [1.54, 1.807) is 0 Å². The van der Waals surface area contributed by atoms with Crippen LogP contribution in [-0.4, -0.2) is 16.5 Å². The molecule has 20 heavy (non-hydrogen) atoms. The van der Waals surface area contributed by atoms with E-state index in [-0.39, 0.29) is 16.7 Å². The fourth-order valence-corrected chi connectivity index (χ4v) is 2.62. The van der Waals surface area contributed by atoms with Gasteiger partial charge in [-0.3, -0.25) is 10.1 Å². The molecule has 3 rings (SSSR count). The zero-order valence-corrected chi connectivity index (χ0v) is 11.3. The van der Waals surface area contributed by atoms with Crippen LogP contribution in [0.1, 0.15) is 17.0 Å². The topological polar surface area (TPSA) is 68.1 Å². The van der Waals surface area contributed by atoms with Gasteiger partial charge in [-0.25, -0.2) is 4.98 Å². The van der Waals surface area contributed by atoms with Gasteiger partial charge in [-0.2, -0.15) is 0 Å². The van der Waals surface area contributed by atoms with Gasteiger partial charge in [-0.1, -0.05) is 35.9 Å². The van der Waals surface area contributed by atoms with Crippen molar-refractivity contribution in [1.82, 2.24) is 4.98 Å². The van der Waals surface area contributed by atoms with Crippen LogP contribution in [0.2, 0.25) is 5.15 Å². The summed E-state index contributed by atoms with van der Waals surface area (Å²) in [5.41, 5.74) is 2.58. The first-order valence-electron chi connectivity index (χ1n) is 6.28. The zero-order valence-electron chi connectivity index (χ0n) is 10.5. The van der Waals surface area contributed by atoms with Gasteiger partial charge in [-0.15, -0.1) is 0 Å². The number of hydrogen-bond acceptors (Lipinski definition) is 4. The number of benzene rings is 1. The van der Waals surface area contributed by atoms with Crippen LogP contribution in [-0.2, 0) is 6.42 Å². The highest BCUT2D eigenvalue weighted by Crippen LogP contribution is 2.35. The maximum absolute atomic E-state index is 10.9. The number of nitrogens with one attached hydrogen (secondary N) is 1. The molecule has 0 spiro atoms. The monoisotopic (exact) mass is 289 g/mol. The first-order chi connectivity index (χ1) is 9.65. The highest BCUT2D eigenvalue weighted by atomic mass is 35.5. The molecule has 1 unspecified atom stereocenters. The van der Waals surface area contributed by atoms with Crippen molar-refractivity contribution in [3.8, 4) is 0 Å². The van der Waals surface area contributed by atoms with Crippen LogP contribution in [0, 0.1) is 10.1 Å². The molecule has 0 bridgehead atoms. The van der Waals surface area contributed by atoms with Crippen molar-refractivity contribution in [2.45, 2.75) is 12.3 Å². The summed E-state index contributed by atoms with van der Waals surface area (Å²) in [4.78, 5) is 14.5. The normalized spacial score (nSPS) is 16.1. The largest absolute Gasteiger partial charge is 0.364 e. The Kier molecular flexibility index (Phi) is 3.28. The van der Waals surface area contributed by atoms with Crippen molar-refractivity contribution in [2.75, 3.05) is 11.9 Å². The first kappa shape index (κ1) is 12.9. The average Bonchev–Trinajstić information content (AvgIpc) is 2.39. The smallest absolute Gasteiger partial charge is 0.311 e. The summed E-state index contributed by atoms with van der Waals surface area (Å²) in [7, 11) is 0. The lowest BCUT2D eigenvalue weighted by atomic mass is 9.77. The van der Waals surface area contributed by atoms with Crippen LogP contribution in [0.3, 0.4) is 0 Å². The quantitative estimate of drug-likeness (QED) is 0.532. The maximum Gasteiger partial charge on any atom is 0.311 e. The lowest BCUT2D eigenvalue weighted by Gasteiger charge is -2.30. The molecule has 2 aromatic rings. The van der Waals surface area contributed by atoms with E-state index in [9.17, 15) is 10.1 Å². The molecule has 1 aliphatic carbocycles. The standard InChI is InChI=1S/C14H12ClN3O2/c15-13-6-5-12(18(19)20)14(17-13)16-8-10-7-9-3-1-2-4-11(9)10/h1-6,10H,7-8H2,(H,16,17). The molecule has 0 saturated heterocycles. The molecular weight excluding hydrogens is 278 g/mol. The van der Waals surface area contributed by atoms with Crippen LogP contribution in [0.15, 0.2) is 36.4 Å². The summed E-state index contributed by atoms with van der Waals surface area (Å²) in [5, 5.41) is 14.2. The number of nitrogens with zero attached hydrogens (tertiary/aromatic N) is 2. The number of halogens is 1. The molecule has 0 saturated carbocycles. The average molecular weight is 290 g/mol. The summed E-state index contributed by atoms with van der Waals surface area (Å²) in [6.45, 7) is 0.616. The SMILES string of the molecule is O=[N+]([O-])c1ccc(Cl)nc1NCC1Cc2ccccc21. The van der Waals surface area contributed by atoms with Gasteiger partial charge in [-0.05, 0) is 23.6 Å². The van der Waals surface area contributed by atoms with E-state index in [1.807, 2.05) is 12.1 Å². The van der Waals surface area contributed by atoms with Crippen LogP contribution in [0.4, 0.5) is 11.5 Å². The van der Waals surface area contributed by atoms with Gasteiger partial charge in [0.1, 0.15) is 5.15 Å². The predicted molar refractivity (Wildman–Crippen MR) is 77.3 cm³/mol. The van der Waals surface area contributed by atoms with E-state index in [0.717, 1.165) is 6.42 Å². The molecule has 0 fully saturated rings. The van der Waals surface area contributed by atoms with E-state index in [2.05, 4.69) is 22.4 Å². The van der Waals surface area contributed by atoms with E-state index in [1.165, 1.54) is 23.3 Å². The van der Waals surface area contributed by atoms with Gasteiger partial charge in [0.2, 0.25) is 5.82 Å². The third-order valence-electron chi connectivity index (χ3n) is 3.51. The first-order valence-corrected chi connectivity index (χ1v) is 6.65. The molecule has 1 N–H and O–H groups in total. The molecule has 5 nitrogen and oxygen atoms in total. The molecule has 102 valence electrons. The minimum absolute atomic E-state index is 0.0537. The number of aromatic nitrogens is 1. The third-order valence-corrected chi connectivity index (χ3v) is 3.72. The van der Waals surface area contributed by atoms with Gasteiger partial charge < -0.3 is 5.32 Å². The summed E-state index contributed by atoms with van der Waals surface area (Å²) < 4.78 is 0. The number of rotatable bonds is 4. The van der Waals surface area contributed by atoms with Crippen molar-refractivity contribution in [3.63, 3.8) is 0 Å². The number of nitro groups is 1. The van der Waals surface area contributed by atoms with Gasteiger partial charge in [0.25, 0.3) is 0 Å². The minimum atomic E-state index is -0.458. The summed E-state index contributed by atoms with van der Waals surface area (Å²) in [6, 6.07) is 11.0. The molecule has 0 radical (unpaired) electrons. The number of hydrogen-bond donors (Lipinski definition) is 1. The fourth-order valence-electron chi connectivity index (χ4n) is 2.47. The molecule has 1 aromatic heterocycles. The highest BCUT2D eigenvalue weighted by molar-refractivity contribution is 6.29. The third kappa shape index (κ3) is 2.32. The Labute approximate surface area is 120 Å². The summed E-state index contributed by atoms with van der Waals surface area (Å²) in [6.07, 6.45) is 0.984. The van der Waals surface area contributed by atoms with E-state index in [4.69, 9.17) is 11.6 Å². The second kappa shape index (κ2) is 5.09. The molecule has 1 atom stereocenters. The van der Waals surface area contributed by atoms with Crippen LogP contribution in [0.5, 0.6) is 0 Å². The van der Waals surface area contributed by atoms with Gasteiger partial charge in [0.05, 0.1) is 4.92 Å². The maximum atomic E-state index is 10.9. The Morgan fingerprint density at radius 1 is 1.35 bits per heavy atom. The minimum Gasteiger partial charge on any atom is -0.364 e. The van der Waals surface area contributed by atoms with E-state index >= 15 is 0 Å². The second-order valence-electron chi connectivity index (χ2n) is 4.74. The van der Waals surface area contributed by atoms with Crippen LogP contribution < -0.4 is 5.32 Å². The van der Waals surface area contributed by atoms with Crippen LogP contribution in [0.25, 0.3) is 0 Å². The zero-order chi connectivity index (χ0) is 14.1. The summed E-state index contributed by atoms with van der Waals surface area (Å²) >= 11 is 5.79. The Bertz CT molecular complexity index is 675. The predicted octanol–water partition coefficient (Wildman–Crippen LogP) is 3.40. The Morgan fingerprint density at radius 3 is 2.90 bits per heavy atom. The second-order valence-corrected chi connectivity index (χ2v) is 5.13. The number of pyridine rings is 1. The van der Waals surface area contributed by atoms with Gasteiger partial charge in [0, 0.05) is 18.5 Å². The molecule has 0 aliphatic heterocycles. The molecule has 6 heteroatoms. The summed E-state index contributed by atoms with van der Waals surface area (Å²) in [5.74, 6) is 0.596. The molecule has 1 heterocycles. The number of anilines is 1. The molecule has 1 aliphatic rings. The van der Waals surface area contributed by atoms with E-state index in [0.29, 0.717) is 12.5 Å². The van der Waals surface area contributed by atoms with Crippen molar-refractivity contribution in [3.05, 3.63) is 62.8 Å². The Morgan fingerprint density at radius 2 is 2.15 bits per heavy atom. The molecule has 0 amide bonds.